The van der Waals surface area contributed by atoms with E-state index in [2.05, 4.69) is 25.9 Å². The van der Waals surface area contributed by atoms with E-state index in [1.54, 1.807) is 18.3 Å². The Morgan fingerprint density at radius 1 is 0.929 bits per heavy atom. The van der Waals surface area contributed by atoms with Gasteiger partial charge in [-0.3, -0.25) is 19.4 Å². The zero-order valence-corrected chi connectivity index (χ0v) is 22.9. The van der Waals surface area contributed by atoms with Gasteiger partial charge in [0.1, 0.15) is 17.8 Å². The molecule has 224 valence electrons. The smallest absolute Gasteiger partial charge is 0.326 e. The first-order chi connectivity index (χ1) is 20.0. The molecule has 12 N–H and O–H groups in total. The first-order valence-electron chi connectivity index (χ1n) is 13.3. The molecule has 14 nitrogen and oxygen atoms in total. The first-order valence-corrected chi connectivity index (χ1v) is 13.3. The number of benzene rings is 2. The first kappa shape index (κ1) is 31.4. The van der Waals surface area contributed by atoms with Crippen molar-refractivity contribution >= 4 is 40.6 Å². The number of amides is 3. The summed E-state index contributed by atoms with van der Waals surface area (Å²) in [6, 6.07) is 10.1. The summed E-state index contributed by atoms with van der Waals surface area (Å²) in [5.74, 6) is -3.26. The fourth-order valence-electron chi connectivity index (χ4n) is 4.26. The molecule has 0 fully saturated rings. The van der Waals surface area contributed by atoms with E-state index in [4.69, 9.17) is 17.2 Å². The number of H-pyrrole nitrogens is 1. The molecule has 3 amide bonds. The predicted octanol–water partition coefficient (Wildman–Crippen LogP) is -0.790. The number of nitrogens with zero attached hydrogens (tertiary/aromatic N) is 1. The molecule has 3 unspecified atom stereocenters. The van der Waals surface area contributed by atoms with Crippen molar-refractivity contribution < 1.29 is 29.4 Å². The van der Waals surface area contributed by atoms with E-state index in [0.717, 1.165) is 10.9 Å². The molecule has 0 saturated carbocycles. The molecule has 0 aliphatic carbocycles. The molecule has 0 bridgehead atoms. The third kappa shape index (κ3) is 9.52. The summed E-state index contributed by atoms with van der Waals surface area (Å²) in [6.07, 6.45) is 2.45. The number of carboxylic acid groups (broad SMARTS) is 1. The van der Waals surface area contributed by atoms with Gasteiger partial charge in [0.15, 0.2) is 5.96 Å². The van der Waals surface area contributed by atoms with Crippen LogP contribution in [0.3, 0.4) is 0 Å². The van der Waals surface area contributed by atoms with Crippen LogP contribution in [0.1, 0.15) is 24.0 Å². The number of rotatable bonds is 15. The molecule has 0 aliphatic rings. The number of aliphatic carboxylic acids is 1. The van der Waals surface area contributed by atoms with E-state index >= 15 is 0 Å². The number of aromatic hydroxyl groups is 1. The van der Waals surface area contributed by atoms with Crippen molar-refractivity contribution in [1.29, 1.82) is 0 Å². The summed E-state index contributed by atoms with van der Waals surface area (Å²) in [5, 5.41) is 27.6. The van der Waals surface area contributed by atoms with E-state index < -0.39 is 48.4 Å². The Kier molecular flexibility index (Phi) is 11.3. The Bertz CT molecular complexity index is 1420. The third-order valence-corrected chi connectivity index (χ3v) is 6.47. The van der Waals surface area contributed by atoms with Gasteiger partial charge in [0.05, 0.1) is 12.6 Å². The lowest BCUT2D eigenvalue weighted by Crippen LogP contribution is -2.54. The number of aliphatic imine (C=N–C) groups is 1. The number of nitrogens with two attached hydrogens (primary N) is 3. The standard InChI is InChI=1S/C28H36N8O6/c29-20(5-3-11-32-28(30)31)25(39)36-22(12-16-7-9-18(37)10-8-16)26(40)34-15-24(38)35-23(27(41)42)13-17-14-33-21-6-2-1-4-19(17)21/h1-2,4,6-10,14,20,22-23,33,37H,3,5,11-13,15,29H2,(H,34,40)(H,35,38)(H,36,39)(H,41,42)(H4,30,31,32). The van der Waals surface area contributed by atoms with Crippen LogP contribution in [0, 0.1) is 0 Å². The maximum atomic E-state index is 13.1. The number of phenols is 1. The summed E-state index contributed by atoms with van der Waals surface area (Å²) in [4.78, 5) is 57.2. The lowest BCUT2D eigenvalue weighted by Gasteiger charge is -2.21. The zero-order chi connectivity index (χ0) is 30.6. The molecule has 42 heavy (non-hydrogen) atoms. The summed E-state index contributed by atoms with van der Waals surface area (Å²) in [7, 11) is 0. The Labute approximate surface area is 241 Å². The van der Waals surface area contributed by atoms with Crippen LogP contribution < -0.4 is 33.2 Å². The lowest BCUT2D eigenvalue weighted by atomic mass is 10.0. The molecular weight excluding hydrogens is 544 g/mol. The number of carbonyl (C=O) groups is 4. The van der Waals surface area contributed by atoms with Gasteiger partial charge in [-0.25, -0.2) is 4.79 Å². The van der Waals surface area contributed by atoms with Crippen molar-refractivity contribution in [2.45, 2.75) is 43.8 Å². The monoisotopic (exact) mass is 580 g/mol. The minimum absolute atomic E-state index is 0.0274. The molecule has 2 aromatic carbocycles. The average molecular weight is 581 g/mol. The number of nitrogens with one attached hydrogen (secondary N) is 4. The Hall–Kier alpha value is -5.11. The van der Waals surface area contributed by atoms with Crippen LogP contribution >= 0.6 is 0 Å². The van der Waals surface area contributed by atoms with Crippen LogP contribution in [-0.2, 0) is 32.0 Å². The number of para-hydroxylation sites is 1. The summed E-state index contributed by atoms with van der Waals surface area (Å²) in [5.41, 5.74) is 18.7. The van der Waals surface area contributed by atoms with Gasteiger partial charge < -0.3 is 48.3 Å². The van der Waals surface area contributed by atoms with Crippen LogP contribution in [0.15, 0.2) is 59.7 Å². The van der Waals surface area contributed by atoms with Gasteiger partial charge in [-0.15, -0.1) is 0 Å². The van der Waals surface area contributed by atoms with E-state index in [0.29, 0.717) is 17.5 Å². The molecule has 3 aromatic rings. The third-order valence-electron chi connectivity index (χ3n) is 6.47. The van der Waals surface area contributed by atoms with Crippen LogP contribution in [0.25, 0.3) is 10.9 Å². The highest BCUT2D eigenvalue weighted by atomic mass is 16.4. The SMILES string of the molecule is NC(N)=NCCCC(N)C(=O)NC(Cc1ccc(O)cc1)C(=O)NCC(=O)NC(Cc1c[nH]c2ccccc12)C(=O)O. The number of carbonyl (C=O) groups excluding carboxylic acids is 3. The predicted molar refractivity (Wildman–Crippen MR) is 156 cm³/mol. The normalized spacial score (nSPS) is 13.0. The number of guanidine groups is 1. The maximum absolute atomic E-state index is 13.1. The number of hydrogen-bond acceptors (Lipinski definition) is 7. The Balaban J connectivity index is 1.61. The number of aromatic nitrogens is 1. The highest BCUT2D eigenvalue weighted by molar-refractivity contribution is 5.93. The van der Waals surface area contributed by atoms with Gasteiger partial charge >= 0.3 is 5.97 Å². The molecule has 1 aromatic heterocycles. The highest BCUT2D eigenvalue weighted by Crippen LogP contribution is 2.19. The maximum Gasteiger partial charge on any atom is 0.326 e. The fourth-order valence-corrected chi connectivity index (χ4v) is 4.26. The summed E-state index contributed by atoms with van der Waals surface area (Å²) in [6.45, 7) is -0.240. The Morgan fingerprint density at radius 2 is 1.64 bits per heavy atom. The molecule has 3 atom stereocenters. The van der Waals surface area contributed by atoms with Gasteiger partial charge in [0.2, 0.25) is 17.7 Å². The highest BCUT2D eigenvalue weighted by Gasteiger charge is 2.26. The number of phenolic OH excluding ortho intramolecular Hbond substituents is 1. The number of aromatic amines is 1. The average Bonchev–Trinajstić information content (AvgIpc) is 3.36. The molecule has 0 radical (unpaired) electrons. The lowest BCUT2D eigenvalue weighted by molar-refractivity contribution is -0.141. The fraction of sp³-hybridized carbons (Fsp3) is 0.321. The van der Waals surface area contributed by atoms with Crippen LogP contribution in [-0.4, -0.2) is 76.1 Å². The second kappa shape index (κ2) is 15.0. The molecular formula is C28H36N8O6. The van der Waals surface area contributed by atoms with E-state index in [9.17, 15) is 29.4 Å². The number of fused-ring (bicyclic) bond motifs is 1. The topological polar surface area (TPSA) is 251 Å². The summed E-state index contributed by atoms with van der Waals surface area (Å²) < 4.78 is 0. The van der Waals surface area contributed by atoms with E-state index in [-0.39, 0.29) is 37.5 Å². The van der Waals surface area contributed by atoms with Crippen LogP contribution in [0.4, 0.5) is 0 Å². The second-order valence-electron chi connectivity index (χ2n) is 9.73. The van der Waals surface area contributed by atoms with Gasteiger partial charge in [-0.05, 0) is 42.2 Å². The van der Waals surface area contributed by atoms with Crippen LogP contribution in [0.5, 0.6) is 5.75 Å². The van der Waals surface area contributed by atoms with Gasteiger partial charge in [0, 0.05) is 36.5 Å². The van der Waals surface area contributed by atoms with E-state index in [1.165, 1.54) is 12.1 Å². The largest absolute Gasteiger partial charge is 0.508 e. The zero-order valence-electron chi connectivity index (χ0n) is 22.9. The minimum Gasteiger partial charge on any atom is -0.508 e. The molecule has 14 heteroatoms. The molecule has 0 aliphatic heterocycles. The van der Waals surface area contributed by atoms with Crippen molar-refractivity contribution in [3.8, 4) is 5.75 Å². The molecule has 0 saturated heterocycles. The van der Waals surface area contributed by atoms with Crippen molar-refractivity contribution in [3.63, 3.8) is 0 Å². The molecule has 3 rings (SSSR count). The number of hydrogen-bond donors (Lipinski definition) is 9. The molecule has 1 heterocycles. The van der Waals surface area contributed by atoms with Crippen molar-refractivity contribution in [2.75, 3.05) is 13.1 Å². The quantitative estimate of drug-likeness (QED) is 0.0619. The van der Waals surface area contributed by atoms with E-state index in [1.807, 2.05) is 24.3 Å². The molecule has 0 spiro atoms. The van der Waals surface area contributed by atoms with Crippen molar-refractivity contribution in [3.05, 3.63) is 65.9 Å². The second-order valence-corrected chi connectivity index (χ2v) is 9.73. The Morgan fingerprint density at radius 3 is 2.33 bits per heavy atom. The van der Waals surface area contributed by atoms with Gasteiger partial charge in [0.25, 0.3) is 0 Å². The van der Waals surface area contributed by atoms with Crippen molar-refractivity contribution in [1.82, 2.24) is 20.9 Å². The van der Waals surface area contributed by atoms with Gasteiger partial charge in [-0.1, -0.05) is 30.3 Å². The number of carboxylic acids is 1. The minimum atomic E-state index is -1.24. The van der Waals surface area contributed by atoms with Gasteiger partial charge in [-0.2, -0.15) is 0 Å². The summed E-state index contributed by atoms with van der Waals surface area (Å²) >= 11 is 0. The van der Waals surface area contributed by atoms with Crippen molar-refractivity contribution in [2.24, 2.45) is 22.2 Å². The van der Waals surface area contributed by atoms with Crippen LogP contribution in [0.2, 0.25) is 0 Å².